The van der Waals surface area contributed by atoms with Crippen LogP contribution >= 0.6 is 0 Å². The third-order valence-electron chi connectivity index (χ3n) is 18.6. The van der Waals surface area contributed by atoms with E-state index in [0.717, 1.165) is 123 Å². The van der Waals surface area contributed by atoms with Crippen molar-refractivity contribution in [1.82, 2.24) is 0 Å². The molecule has 2 nitrogen and oxygen atoms in total. The first-order valence-electron chi connectivity index (χ1n) is 29.3. The van der Waals surface area contributed by atoms with Gasteiger partial charge in [-0.1, -0.05) is 184 Å². The quantitative estimate of drug-likeness (QED) is 0.0889. The summed E-state index contributed by atoms with van der Waals surface area (Å²) in [6, 6.07) is 87.7. The van der Waals surface area contributed by atoms with Crippen molar-refractivity contribution in [2.45, 2.75) is 23.9 Å². The van der Waals surface area contributed by atoms with E-state index in [1.54, 1.807) is 24.3 Å². The highest BCUT2D eigenvalue weighted by atomic mass is 28.3. The van der Waals surface area contributed by atoms with Crippen molar-refractivity contribution in [1.29, 1.82) is 0 Å². The molecule has 0 N–H and O–H groups in total. The Bertz CT molecular complexity index is 4430. The summed E-state index contributed by atoms with van der Waals surface area (Å²) in [7, 11) is -2.34. The second kappa shape index (κ2) is 20.4. The van der Waals surface area contributed by atoms with Crippen LogP contribution in [0.1, 0.15) is 55.6 Å². The molecule has 0 saturated heterocycles. The Labute approximate surface area is 505 Å². The summed E-state index contributed by atoms with van der Waals surface area (Å²) in [4.78, 5) is 4.42. The van der Waals surface area contributed by atoms with Gasteiger partial charge in [-0.25, -0.2) is 17.6 Å². The molecule has 15 rings (SSSR count). The van der Waals surface area contributed by atoms with Crippen LogP contribution in [0, 0.1) is 23.3 Å². The smallest absolute Gasteiger partial charge is 0.123 e. The lowest BCUT2D eigenvalue weighted by molar-refractivity contribution is 0.624. The molecule has 12 aromatic rings. The van der Waals surface area contributed by atoms with Crippen molar-refractivity contribution in [2.75, 3.05) is 9.80 Å². The Morgan fingerprint density at radius 2 is 0.586 bits per heavy atom. The highest BCUT2D eigenvalue weighted by molar-refractivity contribution is 7.03. The van der Waals surface area contributed by atoms with Crippen LogP contribution in [0.3, 0.4) is 0 Å². The maximum absolute atomic E-state index is 15.1. The van der Waals surface area contributed by atoms with Crippen molar-refractivity contribution in [3.8, 4) is 33.4 Å². The highest BCUT2D eigenvalue weighted by Gasteiger charge is 2.48. The van der Waals surface area contributed by atoms with Crippen LogP contribution in [0.2, 0.25) is 13.1 Å². The third kappa shape index (κ3) is 8.21. The highest BCUT2D eigenvalue weighted by Crippen LogP contribution is 2.59. The number of anilines is 6. The molecule has 87 heavy (non-hydrogen) atoms. The zero-order valence-corrected chi connectivity index (χ0v) is 48.9. The standard InChI is InChI=1S/C80H56F4N2Si/c1-5-51-15-19-53(20-16-51)79(55-23-27-57(81)28-24-55)73-13-9-7-11-67(73)69-43-39-65(49-75(69)79)85(61-35-31-59(83)32-36-61)63-41-45-77-71(47-63)72-48-64(42-46-78(72)87(77,3)4)86(62-37-33-60(84)34-38-62)66-40-44-70-68-12-8-10-14-74(68)80(76(70)50-66,56-25-29-58(82)30-26-56)54-21-17-52(6-2)18-22-54/h5-50H,1-2H2,3-4H3. The van der Waals surface area contributed by atoms with Crippen molar-refractivity contribution in [2.24, 2.45) is 0 Å². The lowest BCUT2D eigenvalue weighted by Gasteiger charge is -2.35. The van der Waals surface area contributed by atoms with Gasteiger partial charge in [0.25, 0.3) is 0 Å². The Morgan fingerprint density at radius 3 is 0.943 bits per heavy atom. The minimum atomic E-state index is -2.34. The molecule has 0 aromatic heterocycles. The fraction of sp³-hybridized carbons (Fsp3) is 0.0500. The number of halogens is 4. The van der Waals surface area contributed by atoms with Crippen LogP contribution in [0.5, 0.6) is 0 Å². The number of benzene rings is 12. The summed E-state index contributed by atoms with van der Waals surface area (Å²) < 4.78 is 60.3. The minimum absolute atomic E-state index is 0.316. The molecule has 0 radical (unpaired) electrons. The molecular formula is C80H56F4N2Si. The molecule has 2 atom stereocenters. The van der Waals surface area contributed by atoms with Crippen LogP contribution in [-0.4, -0.2) is 8.07 Å². The van der Waals surface area contributed by atoms with E-state index >= 15 is 17.6 Å². The van der Waals surface area contributed by atoms with E-state index in [1.165, 1.54) is 34.6 Å². The van der Waals surface area contributed by atoms with E-state index in [-0.39, 0.29) is 23.3 Å². The predicted molar refractivity (Wildman–Crippen MR) is 353 cm³/mol. The normalized spacial score (nSPS) is 16.2. The monoisotopic (exact) mass is 1150 g/mol. The van der Waals surface area contributed by atoms with E-state index in [0.29, 0.717) is 0 Å². The Kier molecular flexibility index (Phi) is 12.5. The van der Waals surface area contributed by atoms with Crippen LogP contribution in [0.15, 0.2) is 280 Å². The average Bonchev–Trinajstić information content (AvgIpc) is 1.63. The van der Waals surface area contributed by atoms with Gasteiger partial charge in [0.1, 0.15) is 31.3 Å². The first kappa shape index (κ1) is 53.4. The molecule has 7 heteroatoms. The van der Waals surface area contributed by atoms with Crippen LogP contribution in [-0.2, 0) is 10.8 Å². The number of nitrogens with zero attached hydrogens (tertiary/aromatic N) is 2. The van der Waals surface area contributed by atoms with Crippen LogP contribution in [0.4, 0.5) is 51.7 Å². The number of hydrogen-bond acceptors (Lipinski definition) is 2. The summed E-state index contributed by atoms with van der Waals surface area (Å²) >= 11 is 0. The Balaban J connectivity index is 0.911. The van der Waals surface area contributed by atoms with Gasteiger partial charge in [0.05, 0.1) is 10.8 Å². The van der Waals surface area contributed by atoms with Gasteiger partial charge >= 0.3 is 0 Å². The number of rotatable bonds is 12. The van der Waals surface area contributed by atoms with Crippen LogP contribution in [0.25, 0.3) is 45.5 Å². The van der Waals surface area contributed by atoms with Gasteiger partial charge < -0.3 is 9.80 Å². The SMILES string of the molecule is C=Cc1ccc(C2(c3ccc(F)cc3)c3ccccc3-c3ccc(N(c4ccc(F)cc4)c4ccc5c(c4)-c4cc(N(c6ccc(F)cc6)c6ccc7c(c6)C(c6ccc(F)cc6)(c6ccc(C=C)cc6)c6ccccc6-7)ccc4[Si]5(C)C)cc32)cc1. The summed E-state index contributed by atoms with van der Waals surface area (Å²) in [5.41, 5.74) is 20.0. The molecule has 0 fully saturated rings. The molecule has 0 amide bonds. The first-order chi connectivity index (χ1) is 42.4. The fourth-order valence-electron chi connectivity index (χ4n) is 14.6. The molecular weight excluding hydrogens is 1090 g/mol. The summed E-state index contributed by atoms with van der Waals surface area (Å²) in [6.45, 7) is 12.9. The van der Waals surface area contributed by atoms with Gasteiger partial charge in [-0.15, -0.1) is 0 Å². The average molecular weight is 1150 g/mol. The second-order valence-electron chi connectivity index (χ2n) is 23.4. The summed E-state index contributed by atoms with van der Waals surface area (Å²) in [5.74, 6) is -1.31. The largest absolute Gasteiger partial charge is 0.310 e. The van der Waals surface area contributed by atoms with E-state index < -0.39 is 18.9 Å². The summed E-state index contributed by atoms with van der Waals surface area (Å²) in [6.07, 6.45) is 3.68. The molecule has 12 aromatic carbocycles. The van der Waals surface area contributed by atoms with E-state index in [4.69, 9.17) is 0 Å². The second-order valence-corrected chi connectivity index (χ2v) is 27.8. The van der Waals surface area contributed by atoms with Crippen LogP contribution < -0.4 is 20.2 Å². The molecule has 0 bridgehead atoms. The molecule has 418 valence electrons. The molecule has 2 aliphatic carbocycles. The summed E-state index contributed by atoms with van der Waals surface area (Å²) in [5, 5.41) is 2.57. The van der Waals surface area contributed by atoms with E-state index in [2.05, 4.69) is 206 Å². The van der Waals surface area contributed by atoms with Crippen molar-refractivity contribution in [3.63, 3.8) is 0 Å². The molecule has 2 unspecified atom stereocenters. The number of fused-ring (bicyclic) bond motifs is 9. The van der Waals surface area contributed by atoms with Gasteiger partial charge in [0, 0.05) is 34.1 Å². The van der Waals surface area contributed by atoms with Crippen molar-refractivity contribution >= 4 is 64.7 Å². The molecule has 1 aliphatic heterocycles. The third-order valence-corrected chi connectivity index (χ3v) is 22.2. The van der Waals surface area contributed by atoms with E-state index in [9.17, 15) is 0 Å². The van der Waals surface area contributed by atoms with Crippen molar-refractivity contribution in [3.05, 3.63) is 359 Å². The van der Waals surface area contributed by atoms with Gasteiger partial charge in [-0.2, -0.15) is 0 Å². The Hall–Kier alpha value is -10.3. The zero-order chi connectivity index (χ0) is 59.3. The van der Waals surface area contributed by atoms with Crippen molar-refractivity contribution < 1.29 is 17.6 Å². The number of hydrogen-bond donors (Lipinski definition) is 0. The van der Waals surface area contributed by atoms with Gasteiger partial charge in [-0.3, -0.25) is 0 Å². The topological polar surface area (TPSA) is 6.48 Å². The maximum atomic E-state index is 15.1. The minimum Gasteiger partial charge on any atom is -0.310 e. The first-order valence-corrected chi connectivity index (χ1v) is 32.3. The zero-order valence-electron chi connectivity index (χ0n) is 47.9. The van der Waals surface area contributed by atoms with Gasteiger partial charge in [0.15, 0.2) is 0 Å². The van der Waals surface area contributed by atoms with E-state index in [1.807, 2.05) is 60.7 Å². The predicted octanol–water partition coefficient (Wildman–Crippen LogP) is 20.0. The molecule has 3 aliphatic rings. The van der Waals surface area contributed by atoms with Gasteiger partial charge in [0.2, 0.25) is 0 Å². The lowest BCUT2D eigenvalue weighted by atomic mass is 9.67. The Morgan fingerprint density at radius 1 is 0.299 bits per heavy atom. The lowest BCUT2D eigenvalue weighted by Crippen LogP contribution is -2.49. The molecule has 0 saturated carbocycles. The molecule has 0 spiro atoms. The fourth-order valence-corrected chi connectivity index (χ4v) is 17.7. The van der Waals surface area contributed by atoms with Gasteiger partial charge in [-0.05, 0) is 221 Å². The maximum Gasteiger partial charge on any atom is 0.123 e. The molecule has 1 heterocycles.